The molecule has 14 heavy (non-hydrogen) atoms. The molecule has 0 aliphatic heterocycles. The Morgan fingerprint density at radius 1 is 1.50 bits per heavy atom. The number of rotatable bonds is 6. The van der Waals surface area contributed by atoms with Gasteiger partial charge in [-0.1, -0.05) is 13.8 Å². The van der Waals surface area contributed by atoms with Crippen LogP contribution >= 0.6 is 22.9 Å². The largest absolute Gasteiger partial charge is 0.297 e. The van der Waals surface area contributed by atoms with Gasteiger partial charge in [0.15, 0.2) is 0 Å². The van der Waals surface area contributed by atoms with Crippen LogP contribution in [0, 0.1) is 0 Å². The number of aromatic nitrogens is 1. The molecule has 1 rings (SSSR count). The van der Waals surface area contributed by atoms with E-state index in [1.807, 2.05) is 5.38 Å². The van der Waals surface area contributed by atoms with Crippen LogP contribution in [0.1, 0.15) is 31.0 Å². The van der Waals surface area contributed by atoms with Crippen LogP contribution < -0.4 is 0 Å². The van der Waals surface area contributed by atoms with E-state index in [1.165, 1.54) is 11.4 Å². The molecule has 0 bridgehead atoms. The third-order valence-corrected chi connectivity index (χ3v) is 3.24. The molecule has 0 aromatic carbocycles. The van der Waals surface area contributed by atoms with Crippen molar-refractivity contribution in [2.75, 3.05) is 13.1 Å². The lowest BCUT2D eigenvalue weighted by atomic mass is 10.4. The molecule has 0 saturated carbocycles. The summed E-state index contributed by atoms with van der Waals surface area (Å²) in [6, 6.07) is 0. The monoisotopic (exact) mass is 232 g/mol. The highest BCUT2D eigenvalue weighted by molar-refractivity contribution is 7.09. The molecular formula is C10H17ClN2S. The zero-order valence-corrected chi connectivity index (χ0v) is 10.4. The molecule has 0 atom stereocenters. The lowest BCUT2D eigenvalue weighted by molar-refractivity contribution is 0.280. The van der Waals surface area contributed by atoms with Crippen molar-refractivity contribution < 1.29 is 0 Å². The van der Waals surface area contributed by atoms with E-state index in [4.69, 9.17) is 11.6 Å². The summed E-state index contributed by atoms with van der Waals surface area (Å²) in [7, 11) is 0. The van der Waals surface area contributed by atoms with Crippen molar-refractivity contribution in [2.45, 2.75) is 32.7 Å². The van der Waals surface area contributed by atoms with Crippen LogP contribution in [-0.4, -0.2) is 23.0 Å². The first-order chi connectivity index (χ1) is 6.80. The van der Waals surface area contributed by atoms with Crippen LogP contribution in [0.5, 0.6) is 0 Å². The van der Waals surface area contributed by atoms with E-state index in [2.05, 4.69) is 23.7 Å². The van der Waals surface area contributed by atoms with Crippen LogP contribution in [0.25, 0.3) is 0 Å². The molecule has 0 amide bonds. The summed E-state index contributed by atoms with van der Waals surface area (Å²) in [6.07, 6.45) is 1.20. The van der Waals surface area contributed by atoms with E-state index in [-0.39, 0.29) is 0 Å². The Kier molecular flexibility index (Phi) is 5.45. The predicted molar refractivity (Wildman–Crippen MR) is 62.9 cm³/mol. The number of hydrogen-bond donors (Lipinski definition) is 0. The van der Waals surface area contributed by atoms with E-state index in [0.717, 1.165) is 25.3 Å². The second kappa shape index (κ2) is 6.38. The molecule has 0 radical (unpaired) electrons. The predicted octanol–water partition coefficient (Wildman–Crippen LogP) is 3.11. The molecule has 2 nitrogen and oxygen atoms in total. The van der Waals surface area contributed by atoms with Gasteiger partial charge in [0.2, 0.25) is 0 Å². The average Bonchev–Trinajstić information content (AvgIpc) is 2.65. The molecular weight excluding hydrogens is 216 g/mol. The lowest BCUT2D eigenvalue weighted by Gasteiger charge is -2.17. The van der Waals surface area contributed by atoms with Crippen molar-refractivity contribution in [1.29, 1.82) is 0 Å². The molecule has 0 spiro atoms. The molecule has 0 aliphatic carbocycles. The number of nitrogens with zero attached hydrogens (tertiary/aromatic N) is 2. The number of halogens is 1. The maximum Gasteiger partial charge on any atom is 0.107 e. The first-order valence-electron chi connectivity index (χ1n) is 5.01. The van der Waals surface area contributed by atoms with Gasteiger partial charge in [-0.25, -0.2) is 4.98 Å². The van der Waals surface area contributed by atoms with Crippen molar-refractivity contribution in [2.24, 2.45) is 0 Å². The van der Waals surface area contributed by atoms with E-state index in [0.29, 0.717) is 5.88 Å². The summed E-state index contributed by atoms with van der Waals surface area (Å²) in [5.74, 6) is 0.524. The van der Waals surface area contributed by atoms with Gasteiger partial charge in [-0.3, -0.25) is 4.90 Å². The minimum Gasteiger partial charge on any atom is -0.297 e. The maximum absolute atomic E-state index is 5.70. The minimum atomic E-state index is 0.524. The summed E-state index contributed by atoms with van der Waals surface area (Å²) >= 11 is 7.41. The van der Waals surface area contributed by atoms with E-state index in [9.17, 15) is 0 Å². The van der Waals surface area contributed by atoms with E-state index in [1.54, 1.807) is 11.3 Å². The molecule has 1 heterocycles. The van der Waals surface area contributed by atoms with Crippen LogP contribution in [0.4, 0.5) is 0 Å². The van der Waals surface area contributed by atoms with E-state index >= 15 is 0 Å². The highest BCUT2D eigenvalue weighted by atomic mass is 35.5. The number of thiazole rings is 1. The van der Waals surface area contributed by atoms with Gasteiger partial charge in [-0.15, -0.1) is 22.9 Å². The smallest absolute Gasteiger partial charge is 0.107 e. The normalized spacial score (nSPS) is 11.1. The van der Waals surface area contributed by atoms with Crippen molar-refractivity contribution in [3.05, 3.63) is 16.1 Å². The highest BCUT2D eigenvalue weighted by Crippen LogP contribution is 2.13. The van der Waals surface area contributed by atoms with Crippen LogP contribution in [0.3, 0.4) is 0 Å². The van der Waals surface area contributed by atoms with Gasteiger partial charge in [-0.2, -0.15) is 0 Å². The third-order valence-electron chi connectivity index (χ3n) is 2.08. The van der Waals surface area contributed by atoms with Gasteiger partial charge in [0.25, 0.3) is 0 Å². The molecule has 0 N–H and O–H groups in total. The zero-order chi connectivity index (χ0) is 10.4. The van der Waals surface area contributed by atoms with Gasteiger partial charge in [0.1, 0.15) is 5.01 Å². The molecule has 0 fully saturated rings. The van der Waals surface area contributed by atoms with Gasteiger partial charge >= 0.3 is 0 Å². The molecule has 0 saturated heterocycles. The summed E-state index contributed by atoms with van der Waals surface area (Å²) < 4.78 is 0. The standard InChI is InChI=1S/C10H17ClN2S/c1-3-5-13(4-2)7-10-12-9(6-11)8-14-10/h8H,3-7H2,1-2H3. The van der Waals surface area contributed by atoms with Gasteiger partial charge in [-0.05, 0) is 19.5 Å². The third kappa shape index (κ3) is 3.56. The quantitative estimate of drug-likeness (QED) is 0.701. The molecule has 1 aromatic heterocycles. The summed E-state index contributed by atoms with van der Waals surface area (Å²) in [6.45, 7) is 7.59. The summed E-state index contributed by atoms with van der Waals surface area (Å²) in [4.78, 5) is 6.84. The molecule has 0 aliphatic rings. The van der Waals surface area contributed by atoms with Crippen molar-refractivity contribution >= 4 is 22.9 Å². The first-order valence-corrected chi connectivity index (χ1v) is 6.43. The maximum atomic E-state index is 5.70. The van der Waals surface area contributed by atoms with Crippen LogP contribution in [-0.2, 0) is 12.4 Å². The Morgan fingerprint density at radius 3 is 2.79 bits per heavy atom. The highest BCUT2D eigenvalue weighted by Gasteiger charge is 2.06. The number of hydrogen-bond acceptors (Lipinski definition) is 3. The fraction of sp³-hybridized carbons (Fsp3) is 0.700. The topological polar surface area (TPSA) is 16.1 Å². The van der Waals surface area contributed by atoms with Gasteiger partial charge < -0.3 is 0 Å². The fourth-order valence-corrected chi connectivity index (χ4v) is 2.40. The van der Waals surface area contributed by atoms with Crippen molar-refractivity contribution in [3.63, 3.8) is 0 Å². The number of alkyl halides is 1. The van der Waals surface area contributed by atoms with Crippen molar-refractivity contribution in [3.8, 4) is 0 Å². The van der Waals surface area contributed by atoms with Gasteiger partial charge in [0.05, 0.1) is 18.1 Å². The van der Waals surface area contributed by atoms with E-state index < -0.39 is 0 Å². The Balaban J connectivity index is 2.48. The summed E-state index contributed by atoms with van der Waals surface area (Å²) in [5, 5.41) is 3.22. The Labute approximate surface area is 94.9 Å². The minimum absolute atomic E-state index is 0.524. The molecule has 4 heteroatoms. The Morgan fingerprint density at radius 2 is 2.29 bits per heavy atom. The lowest BCUT2D eigenvalue weighted by Crippen LogP contribution is -2.23. The molecule has 80 valence electrons. The van der Waals surface area contributed by atoms with Crippen molar-refractivity contribution in [1.82, 2.24) is 9.88 Å². The fourth-order valence-electron chi connectivity index (χ4n) is 1.34. The Hall–Kier alpha value is -0.120. The summed E-state index contributed by atoms with van der Waals surface area (Å²) in [5.41, 5.74) is 0.999. The first kappa shape index (κ1) is 12.0. The van der Waals surface area contributed by atoms with Gasteiger partial charge in [0, 0.05) is 5.38 Å². The average molecular weight is 233 g/mol. The Bertz CT molecular complexity index is 262. The molecule has 0 unspecified atom stereocenters. The zero-order valence-electron chi connectivity index (χ0n) is 8.79. The molecule has 1 aromatic rings. The SMILES string of the molecule is CCCN(CC)Cc1nc(CCl)cs1. The second-order valence-corrected chi connectivity index (χ2v) is 4.44. The second-order valence-electron chi connectivity index (χ2n) is 3.23. The van der Waals surface area contributed by atoms with Crippen LogP contribution in [0.15, 0.2) is 5.38 Å². The van der Waals surface area contributed by atoms with Crippen LogP contribution in [0.2, 0.25) is 0 Å².